The zero-order valence-corrected chi connectivity index (χ0v) is 13.4. The molecule has 2 N–H and O–H groups in total. The second-order valence-corrected chi connectivity index (χ2v) is 5.67. The van der Waals surface area contributed by atoms with Crippen molar-refractivity contribution in [2.75, 3.05) is 0 Å². The third-order valence-corrected chi connectivity index (χ3v) is 3.49. The molecule has 0 saturated carbocycles. The molecule has 0 amide bonds. The summed E-state index contributed by atoms with van der Waals surface area (Å²) in [6, 6.07) is 8.36. The standard InChI is InChI=1S/C17H25N3O/c1-5-6-14-7-9-15(10-8-14)21-17-16(11-12(2)18)13(3)19-20(17)4/h7-10,12H,5-6,11,18H2,1-4H3. The number of aromatic nitrogens is 2. The predicted molar refractivity (Wildman–Crippen MR) is 85.8 cm³/mol. The van der Waals surface area contributed by atoms with E-state index in [1.54, 1.807) is 4.68 Å². The van der Waals surface area contributed by atoms with Gasteiger partial charge in [-0.25, -0.2) is 4.68 Å². The third-order valence-electron chi connectivity index (χ3n) is 3.49. The molecule has 0 aliphatic rings. The normalized spacial score (nSPS) is 12.4. The minimum absolute atomic E-state index is 0.0854. The van der Waals surface area contributed by atoms with Crippen molar-refractivity contribution in [2.45, 2.75) is 46.1 Å². The van der Waals surface area contributed by atoms with Crippen molar-refractivity contribution < 1.29 is 4.74 Å². The first-order chi connectivity index (χ1) is 10.0. The van der Waals surface area contributed by atoms with Crippen LogP contribution in [0.4, 0.5) is 0 Å². The SMILES string of the molecule is CCCc1ccc(Oc2c(CC(C)N)c(C)nn2C)cc1. The van der Waals surface area contributed by atoms with Crippen LogP contribution in [0.2, 0.25) is 0 Å². The Bertz CT molecular complexity index is 585. The molecule has 0 radical (unpaired) electrons. The summed E-state index contributed by atoms with van der Waals surface area (Å²) in [4.78, 5) is 0. The Labute approximate surface area is 126 Å². The van der Waals surface area contributed by atoms with Crippen LogP contribution in [0.1, 0.15) is 37.1 Å². The summed E-state index contributed by atoms with van der Waals surface area (Å²) in [6.07, 6.45) is 3.02. The van der Waals surface area contributed by atoms with E-state index in [4.69, 9.17) is 10.5 Å². The van der Waals surface area contributed by atoms with Gasteiger partial charge in [-0.2, -0.15) is 5.10 Å². The molecule has 1 atom stereocenters. The molecule has 0 bridgehead atoms. The van der Waals surface area contributed by atoms with Crippen molar-refractivity contribution in [2.24, 2.45) is 12.8 Å². The van der Waals surface area contributed by atoms with E-state index in [1.165, 1.54) is 5.56 Å². The topological polar surface area (TPSA) is 53.1 Å². The maximum atomic E-state index is 6.04. The number of aryl methyl sites for hydroxylation is 3. The quantitative estimate of drug-likeness (QED) is 0.886. The molecule has 2 rings (SSSR count). The lowest BCUT2D eigenvalue weighted by Gasteiger charge is -2.11. The molecule has 1 aromatic carbocycles. The second-order valence-electron chi connectivity index (χ2n) is 5.67. The van der Waals surface area contributed by atoms with Gasteiger partial charge >= 0.3 is 0 Å². The lowest BCUT2D eigenvalue weighted by atomic mass is 10.1. The molecule has 0 aliphatic carbocycles. The van der Waals surface area contributed by atoms with Gasteiger partial charge in [-0.05, 0) is 44.4 Å². The molecule has 4 heteroatoms. The van der Waals surface area contributed by atoms with Crippen molar-refractivity contribution in [1.29, 1.82) is 0 Å². The number of ether oxygens (including phenoxy) is 1. The van der Waals surface area contributed by atoms with Gasteiger partial charge in [0.2, 0.25) is 5.88 Å². The van der Waals surface area contributed by atoms with Crippen molar-refractivity contribution in [3.63, 3.8) is 0 Å². The summed E-state index contributed by atoms with van der Waals surface area (Å²) in [5.74, 6) is 1.62. The van der Waals surface area contributed by atoms with Crippen LogP contribution in [0.25, 0.3) is 0 Å². The lowest BCUT2D eigenvalue weighted by molar-refractivity contribution is 0.424. The van der Waals surface area contributed by atoms with Crippen LogP contribution in [0, 0.1) is 6.92 Å². The van der Waals surface area contributed by atoms with Crippen LogP contribution in [0.5, 0.6) is 11.6 Å². The van der Waals surface area contributed by atoms with Gasteiger partial charge in [0.15, 0.2) is 0 Å². The third kappa shape index (κ3) is 3.85. The maximum absolute atomic E-state index is 6.04. The van der Waals surface area contributed by atoms with E-state index in [-0.39, 0.29) is 6.04 Å². The van der Waals surface area contributed by atoms with Gasteiger partial charge in [-0.1, -0.05) is 25.5 Å². The Morgan fingerprint density at radius 1 is 1.29 bits per heavy atom. The van der Waals surface area contributed by atoms with Crippen molar-refractivity contribution >= 4 is 0 Å². The highest BCUT2D eigenvalue weighted by Gasteiger charge is 2.16. The van der Waals surface area contributed by atoms with Gasteiger partial charge in [0, 0.05) is 18.7 Å². The summed E-state index contributed by atoms with van der Waals surface area (Å²) in [5.41, 5.74) is 9.33. The highest BCUT2D eigenvalue weighted by molar-refractivity contribution is 5.37. The van der Waals surface area contributed by atoms with Crippen LogP contribution >= 0.6 is 0 Å². The highest BCUT2D eigenvalue weighted by atomic mass is 16.5. The minimum atomic E-state index is 0.0854. The Morgan fingerprint density at radius 3 is 2.52 bits per heavy atom. The van der Waals surface area contributed by atoms with Crippen LogP contribution in [0.15, 0.2) is 24.3 Å². The Hall–Kier alpha value is -1.81. The van der Waals surface area contributed by atoms with Crippen LogP contribution in [-0.4, -0.2) is 15.8 Å². The summed E-state index contributed by atoms with van der Waals surface area (Å²) in [6.45, 7) is 6.17. The molecular formula is C17H25N3O. The first-order valence-electron chi connectivity index (χ1n) is 7.56. The van der Waals surface area contributed by atoms with E-state index in [0.717, 1.165) is 42.1 Å². The molecule has 1 aromatic heterocycles. The van der Waals surface area contributed by atoms with Gasteiger partial charge in [0.05, 0.1) is 5.69 Å². The molecule has 1 heterocycles. The van der Waals surface area contributed by atoms with Gasteiger partial charge in [-0.15, -0.1) is 0 Å². The van der Waals surface area contributed by atoms with Gasteiger partial charge in [-0.3, -0.25) is 0 Å². The average Bonchev–Trinajstić information content (AvgIpc) is 2.68. The molecule has 21 heavy (non-hydrogen) atoms. The number of benzene rings is 1. The zero-order valence-electron chi connectivity index (χ0n) is 13.4. The molecule has 2 aromatic rings. The first kappa shape index (κ1) is 15.6. The molecule has 0 saturated heterocycles. The van der Waals surface area contributed by atoms with E-state index in [9.17, 15) is 0 Å². The van der Waals surface area contributed by atoms with Crippen LogP contribution in [0.3, 0.4) is 0 Å². The number of nitrogens with two attached hydrogens (primary N) is 1. The van der Waals surface area contributed by atoms with Crippen molar-refractivity contribution in [1.82, 2.24) is 9.78 Å². The fourth-order valence-corrected chi connectivity index (χ4v) is 2.49. The fraction of sp³-hybridized carbons (Fsp3) is 0.471. The Balaban J connectivity index is 2.22. The van der Waals surface area contributed by atoms with E-state index in [2.05, 4.69) is 24.2 Å². The lowest BCUT2D eigenvalue weighted by Crippen LogP contribution is -2.18. The summed E-state index contributed by atoms with van der Waals surface area (Å²) in [5, 5.41) is 4.44. The second kappa shape index (κ2) is 6.76. The molecule has 0 spiro atoms. The minimum Gasteiger partial charge on any atom is -0.439 e. The average molecular weight is 287 g/mol. The van der Waals surface area contributed by atoms with E-state index >= 15 is 0 Å². The van der Waals surface area contributed by atoms with Gasteiger partial charge in [0.1, 0.15) is 5.75 Å². The monoisotopic (exact) mass is 287 g/mol. The summed E-state index contributed by atoms with van der Waals surface area (Å²) >= 11 is 0. The van der Waals surface area contributed by atoms with E-state index in [0.29, 0.717) is 0 Å². The molecular weight excluding hydrogens is 262 g/mol. The number of hydrogen-bond donors (Lipinski definition) is 1. The predicted octanol–water partition coefficient (Wildman–Crippen LogP) is 3.36. The van der Waals surface area contributed by atoms with Gasteiger partial charge < -0.3 is 10.5 Å². The highest BCUT2D eigenvalue weighted by Crippen LogP contribution is 2.28. The molecule has 4 nitrogen and oxygen atoms in total. The summed E-state index contributed by atoms with van der Waals surface area (Å²) in [7, 11) is 1.90. The van der Waals surface area contributed by atoms with Crippen molar-refractivity contribution in [3.8, 4) is 11.6 Å². The number of hydrogen-bond acceptors (Lipinski definition) is 3. The van der Waals surface area contributed by atoms with Crippen LogP contribution in [-0.2, 0) is 19.9 Å². The largest absolute Gasteiger partial charge is 0.439 e. The molecule has 1 unspecified atom stereocenters. The summed E-state index contributed by atoms with van der Waals surface area (Å²) < 4.78 is 7.82. The van der Waals surface area contributed by atoms with Gasteiger partial charge in [0.25, 0.3) is 0 Å². The van der Waals surface area contributed by atoms with Crippen molar-refractivity contribution in [3.05, 3.63) is 41.1 Å². The zero-order chi connectivity index (χ0) is 15.4. The molecule has 0 aliphatic heterocycles. The Kier molecular flexibility index (Phi) is 5.02. The maximum Gasteiger partial charge on any atom is 0.221 e. The number of nitrogens with zero attached hydrogens (tertiary/aromatic N) is 2. The first-order valence-corrected chi connectivity index (χ1v) is 7.56. The Morgan fingerprint density at radius 2 is 1.95 bits per heavy atom. The smallest absolute Gasteiger partial charge is 0.221 e. The van der Waals surface area contributed by atoms with E-state index in [1.807, 2.05) is 33.0 Å². The molecule has 114 valence electrons. The molecule has 0 fully saturated rings. The fourth-order valence-electron chi connectivity index (χ4n) is 2.49. The van der Waals surface area contributed by atoms with Crippen LogP contribution < -0.4 is 10.5 Å². The number of rotatable bonds is 6. The van der Waals surface area contributed by atoms with E-state index < -0.39 is 0 Å².